The van der Waals surface area contributed by atoms with Gasteiger partial charge in [-0.25, -0.2) is 13.1 Å². The summed E-state index contributed by atoms with van der Waals surface area (Å²) in [6, 6.07) is 0. The van der Waals surface area contributed by atoms with Crippen molar-refractivity contribution >= 4 is 10.0 Å². The highest BCUT2D eigenvalue weighted by Gasteiger charge is 2.18. The molecule has 23 heavy (non-hydrogen) atoms. The number of nitrogens with one attached hydrogen (secondary N) is 1. The van der Waals surface area contributed by atoms with Crippen LogP contribution in [0.4, 0.5) is 0 Å². The minimum Gasteiger partial charge on any atom is -0.272 e. The fourth-order valence-electron chi connectivity index (χ4n) is 2.64. The summed E-state index contributed by atoms with van der Waals surface area (Å²) in [4.78, 5) is 0.284. The van der Waals surface area contributed by atoms with E-state index < -0.39 is 10.0 Å². The summed E-state index contributed by atoms with van der Waals surface area (Å²) in [5, 5.41) is 3.98. The predicted octanol–water partition coefficient (Wildman–Crippen LogP) is 3.93. The van der Waals surface area contributed by atoms with Gasteiger partial charge >= 0.3 is 0 Å². The highest BCUT2D eigenvalue weighted by molar-refractivity contribution is 7.89. The van der Waals surface area contributed by atoms with E-state index in [0.717, 1.165) is 12.8 Å². The van der Waals surface area contributed by atoms with Crippen LogP contribution >= 0.6 is 0 Å². The Balaban J connectivity index is 2.08. The molecule has 5 nitrogen and oxygen atoms in total. The first-order valence-corrected chi connectivity index (χ1v) is 10.5. The van der Waals surface area contributed by atoms with Crippen LogP contribution in [0.2, 0.25) is 0 Å². The summed E-state index contributed by atoms with van der Waals surface area (Å²) in [6.45, 7) is 4.51. The summed E-state index contributed by atoms with van der Waals surface area (Å²) in [5.74, 6) is 0. The first-order chi connectivity index (χ1) is 11.0. The molecule has 0 saturated heterocycles. The molecule has 0 spiro atoms. The van der Waals surface area contributed by atoms with Crippen LogP contribution in [0, 0.1) is 6.92 Å². The molecule has 0 atom stereocenters. The lowest BCUT2D eigenvalue weighted by atomic mass is 10.1. The fraction of sp³-hybridized carbons (Fsp3) is 0.824. The summed E-state index contributed by atoms with van der Waals surface area (Å²) >= 11 is 0. The lowest BCUT2D eigenvalue weighted by molar-refractivity contribution is 0.548. The minimum atomic E-state index is -3.41. The van der Waals surface area contributed by atoms with Crippen molar-refractivity contribution in [2.45, 2.75) is 83.0 Å². The topological polar surface area (TPSA) is 64.0 Å². The van der Waals surface area contributed by atoms with Crippen molar-refractivity contribution in [3.05, 3.63) is 11.9 Å². The molecule has 0 aliphatic rings. The zero-order chi connectivity index (χ0) is 17.1. The van der Waals surface area contributed by atoms with Gasteiger partial charge in [-0.2, -0.15) is 5.10 Å². The third kappa shape index (κ3) is 7.48. The van der Waals surface area contributed by atoms with Crippen LogP contribution in [0.3, 0.4) is 0 Å². The lowest BCUT2D eigenvalue weighted by Gasteiger charge is -2.06. The maximum atomic E-state index is 12.2. The Hall–Kier alpha value is -0.880. The molecule has 134 valence electrons. The van der Waals surface area contributed by atoms with E-state index in [9.17, 15) is 8.42 Å². The van der Waals surface area contributed by atoms with E-state index in [-0.39, 0.29) is 4.90 Å². The van der Waals surface area contributed by atoms with Crippen LogP contribution in [-0.4, -0.2) is 24.7 Å². The maximum absolute atomic E-state index is 12.2. The molecule has 1 aromatic rings. The van der Waals surface area contributed by atoms with Crippen LogP contribution in [0.1, 0.15) is 76.8 Å². The fourth-order valence-corrected chi connectivity index (χ4v) is 3.91. The van der Waals surface area contributed by atoms with E-state index in [1.54, 1.807) is 18.7 Å². The van der Waals surface area contributed by atoms with Crippen molar-refractivity contribution in [3.63, 3.8) is 0 Å². The van der Waals surface area contributed by atoms with Gasteiger partial charge < -0.3 is 0 Å². The molecule has 0 radical (unpaired) electrons. The lowest BCUT2D eigenvalue weighted by Crippen LogP contribution is -2.25. The molecule has 0 aliphatic heterocycles. The molecule has 0 aliphatic carbocycles. The number of sulfonamides is 1. The van der Waals surface area contributed by atoms with Gasteiger partial charge in [0.15, 0.2) is 0 Å². The molecule has 1 rings (SSSR count). The van der Waals surface area contributed by atoms with Crippen molar-refractivity contribution in [2.75, 3.05) is 6.54 Å². The van der Waals surface area contributed by atoms with E-state index in [0.29, 0.717) is 12.2 Å². The quantitative estimate of drug-likeness (QED) is 0.552. The SMILES string of the molecule is CCCCCCCCCCCCNS(=O)(=O)c1cnn(C)c1C. The third-order valence-corrected chi connectivity index (χ3v) is 5.87. The number of rotatable bonds is 13. The van der Waals surface area contributed by atoms with Gasteiger partial charge in [0.25, 0.3) is 0 Å². The number of hydrogen-bond donors (Lipinski definition) is 1. The Morgan fingerprint density at radius 3 is 2.00 bits per heavy atom. The predicted molar refractivity (Wildman–Crippen MR) is 95.0 cm³/mol. The summed E-state index contributed by atoms with van der Waals surface area (Å²) in [7, 11) is -1.67. The molecule has 0 aromatic carbocycles. The smallest absolute Gasteiger partial charge is 0.243 e. The zero-order valence-electron chi connectivity index (χ0n) is 15.0. The average molecular weight is 344 g/mol. The molecule has 6 heteroatoms. The molecule has 0 unspecified atom stereocenters. The second-order valence-electron chi connectivity index (χ2n) is 6.30. The first-order valence-electron chi connectivity index (χ1n) is 8.97. The number of nitrogens with zero attached hydrogens (tertiary/aromatic N) is 2. The second-order valence-corrected chi connectivity index (χ2v) is 8.03. The summed E-state index contributed by atoms with van der Waals surface area (Å²) < 4.78 is 28.6. The summed E-state index contributed by atoms with van der Waals surface area (Å²) in [6.07, 6.45) is 13.9. The minimum absolute atomic E-state index is 0.284. The Kier molecular flexibility index (Phi) is 9.48. The molecule has 0 amide bonds. The molecule has 1 N–H and O–H groups in total. The van der Waals surface area contributed by atoms with Crippen molar-refractivity contribution in [1.82, 2.24) is 14.5 Å². The maximum Gasteiger partial charge on any atom is 0.243 e. The van der Waals surface area contributed by atoms with Crippen LogP contribution in [-0.2, 0) is 17.1 Å². The number of hydrogen-bond acceptors (Lipinski definition) is 3. The molecule has 0 bridgehead atoms. The van der Waals surface area contributed by atoms with E-state index in [2.05, 4.69) is 16.7 Å². The van der Waals surface area contributed by atoms with Crippen molar-refractivity contribution in [3.8, 4) is 0 Å². The normalized spacial score (nSPS) is 12.0. The standard InChI is InChI=1S/C17H33N3O2S/c1-4-5-6-7-8-9-10-11-12-13-14-19-23(21,22)17-15-18-20(3)16(17)2/h15,19H,4-14H2,1-3H3. The molecular weight excluding hydrogens is 310 g/mol. The van der Waals surface area contributed by atoms with Crippen molar-refractivity contribution in [1.29, 1.82) is 0 Å². The van der Waals surface area contributed by atoms with Crippen LogP contribution in [0.15, 0.2) is 11.1 Å². The Morgan fingerprint density at radius 2 is 1.52 bits per heavy atom. The average Bonchev–Trinajstić information content (AvgIpc) is 2.85. The van der Waals surface area contributed by atoms with Crippen LogP contribution in [0.5, 0.6) is 0 Å². The van der Waals surface area contributed by atoms with E-state index in [4.69, 9.17) is 0 Å². The van der Waals surface area contributed by atoms with Gasteiger partial charge in [-0.05, 0) is 13.3 Å². The van der Waals surface area contributed by atoms with Gasteiger partial charge in [0.1, 0.15) is 4.90 Å². The zero-order valence-corrected chi connectivity index (χ0v) is 15.8. The first kappa shape index (κ1) is 20.2. The highest BCUT2D eigenvalue weighted by Crippen LogP contribution is 2.13. The molecule has 1 heterocycles. The van der Waals surface area contributed by atoms with Crippen LogP contribution < -0.4 is 4.72 Å². The van der Waals surface area contributed by atoms with Gasteiger partial charge in [0.2, 0.25) is 10.0 Å². The number of aryl methyl sites for hydroxylation is 1. The van der Waals surface area contributed by atoms with Gasteiger partial charge in [0, 0.05) is 13.6 Å². The van der Waals surface area contributed by atoms with Gasteiger partial charge in [-0.1, -0.05) is 64.7 Å². The third-order valence-electron chi connectivity index (χ3n) is 4.30. The Labute approximate surface area is 141 Å². The van der Waals surface area contributed by atoms with Crippen molar-refractivity contribution in [2.24, 2.45) is 7.05 Å². The van der Waals surface area contributed by atoms with Gasteiger partial charge in [0.05, 0.1) is 11.9 Å². The second kappa shape index (κ2) is 10.8. The van der Waals surface area contributed by atoms with Crippen LogP contribution in [0.25, 0.3) is 0 Å². The molecule has 0 fully saturated rings. The van der Waals surface area contributed by atoms with E-state index in [1.807, 2.05) is 0 Å². The van der Waals surface area contributed by atoms with E-state index >= 15 is 0 Å². The molecule has 1 aromatic heterocycles. The highest BCUT2D eigenvalue weighted by atomic mass is 32.2. The largest absolute Gasteiger partial charge is 0.272 e. The van der Waals surface area contributed by atoms with E-state index in [1.165, 1.54) is 57.6 Å². The Bertz CT molecular complexity index is 538. The molecule has 0 saturated carbocycles. The van der Waals surface area contributed by atoms with Crippen molar-refractivity contribution < 1.29 is 8.42 Å². The van der Waals surface area contributed by atoms with Gasteiger partial charge in [-0.15, -0.1) is 0 Å². The summed E-state index contributed by atoms with van der Waals surface area (Å²) in [5.41, 5.74) is 0.667. The molecular formula is C17H33N3O2S. The Morgan fingerprint density at radius 1 is 1.00 bits per heavy atom. The monoisotopic (exact) mass is 343 g/mol. The number of unbranched alkanes of at least 4 members (excludes halogenated alkanes) is 9. The number of aromatic nitrogens is 2. The van der Waals surface area contributed by atoms with Gasteiger partial charge in [-0.3, -0.25) is 4.68 Å².